The van der Waals surface area contributed by atoms with Crippen LogP contribution in [-0.2, 0) is 28.6 Å². The minimum atomic E-state index is -0.547. The number of esters is 3. The highest BCUT2D eigenvalue weighted by Crippen LogP contribution is 2.70. The highest BCUT2D eigenvalue weighted by molar-refractivity contribution is 5.78. The average molecular weight is 411 g/mol. The summed E-state index contributed by atoms with van der Waals surface area (Å²) >= 11 is 0. The Kier molecular flexibility index (Phi) is 6.75. The number of ether oxygens (including phenoxy) is 3. The average Bonchev–Trinajstić information content (AvgIpc) is 2.94. The molecule has 3 unspecified atom stereocenters. The summed E-state index contributed by atoms with van der Waals surface area (Å²) in [6.07, 6.45) is 3.76. The van der Waals surface area contributed by atoms with Gasteiger partial charge in [-0.2, -0.15) is 0 Å². The summed E-state index contributed by atoms with van der Waals surface area (Å²) in [6.45, 7) is 14.4. The van der Waals surface area contributed by atoms with Gasteiger partial charge >= 0.3 is 17.9 Å². The first-order chi connectivity index (χ1) is 13.3. The van der Waals surface area contributed by atoms with E-state index in [2.05, 4.69) is 20.8 Å². The molecule has 0 aromatic carbocycles. The van der Waals surface area contributed by atoms with Crippen LogP contribution >= 0.6 is 0 Å². The van der Waals surface area contributed by atoms with Crippen molar-refractivity contribution in [3.63, 3.8) is 0 Å². The van der Waals surface area contributed by atoms with Gasteiger partial charge in [0.1, 0.15) is 18.8 Å². The Balaban J connectivity index is 1.71. The van der Waals surface area contributed by atoms with E-state index in [9.17, 15) is 14.4 Å². The van der Waals surface area contributed by atoms with Crippen molar-refractivity contribution in [3.05, 3.63) is 0 Å². The van der Waals surface area contributed by atoms with Crippen molar-refractivity contribution in [2.24, 2.45) is 22.2 Å². The molecule has 2 rings (SSSR count). The summed E-state index contributed by atoms with van der Waals surface area (Å²) in [5.74, 6) is -0.589. The molecule has 166 valence electrons. The van der Waals surface area contributed by atoms with E-state index in [1.807, 2.05) is 27.7 Å². The predicted octanol–water partition coefficient (Wildman–Crippen LogP) is 4.44. The molecule has 2 aliphatic carbocycles. The third-order valence-electron chi connectivity index (χ3n) is 8.13. The number of hydrogen-bond acceptors (Lipinski definition) is 6. The fourth-order valence-corrected chi connectivity index (χ4v) is 4.96. The second-order valence-corrected chi connectivity index (χ2v) is 10.3. The van der Waals surface area contributed by atoms with Crippen molar-refractivity contribution in [1.29, 1.82) is 0 Å². The number of rotatable bonds is 9. The molecule has 2 saturated carbocycles. The monoisotopic (exact) mass is 410 g/mol. The molecule has 2 fully saturated rings. The molecule has 0 saturated heterocycles. The van der Waals surface area contributed by atoms with E-state index in [0.29, 0.717) is 12.3 Å². The first kappa shape index (κ1) is 23.7. The topological polar surface area (TPSA) is 78.9 Å². The first-order valence-corrected chi connectivity index (χ1v) is 10.8. The molecule has 2 aliphatic rings. The van der Waals surface area contributed by atoms with Crippen molar-refractivity contribution in [2.75, 3.05) is 13.2 Å². The fraction of sp³-hybridized carbons (Fsp3) is 0.870. The smallest absolute Gasteiger partial charge is 0.311 e. The first-order valence-electron chi connectivity index (χ1n) is 10.8. The van der Waals surface area contributed by atoms with Gasteiger partial charge < -0.3 is 14.2 Å². The maximum Gasteiger partial charge on any atom is 0.311 e. The predicted molar refractivity (Wildman–Crippen MR) is 109 cm³/mol. The van der Waals surface area contributed by atoms with Gasteiger partial charge in [-0.3, -0.25) is 14.4 Å². The summed E-state index contributed by atoms with van der Waals surface area (Å²) in [6, 6.07) is 0. The van der Waals surface area contributed by atoms with Gasteiger partial charge in [-0.15, -0.1) is 0 Å². The Morgan fingerprint density at radius 3 is 2.07 bits per heavy atom. The van der Waals surface area contributed by atoms with Crippen LogP contribution in [-0.4, -0.2) is 36.7 Å². The maximum atomic E-state index is 12.4. The van der Waals surface area contributed by atoms with Crippen LogP contribution in [0, 0.1) is 22.2 Å². The molecule has 0 spiro atoms. The molecule has 0 N–H and O–H groups in total. The van der Waals surface area contributed by atoms with E-state index in [0.717, 1.165) is 12.8 Å². The molecular formula is C23H38O6. The molecule has 0 aromatic rings. The van der Waals surface area contributed by atoms with Crippen molar-refractivity contribution < 1.29 is 28.6 Å². The van der Waals surface area contributed by atoms with Gasteiger partial charge in [0.25, 0.3) is 0 Å². The standard InChI is InChI=1S/C23H38O6/c1-8-20(2,3)19(26)28-14-13-27-17(24)9-10-18(25)29-23(7)15-16-11-12-22(23,6)21(16,4)5/h16H,8-15H2,1-7H3. The van der Waals surface area contributed by atoms with Gasteiger partial charge in [-0.1, -0.05) is 27.7 Å². The molecule has 6 nitrogen and oxygen atoms in total. The SMILES string of the molecule is CCC(C)(C)C(=O)OCCOC(=O)CCC(=O)OC1(C)CC2CCC1(C)C2(C)C. The Hall–Kier alpha value is -1.59. The molecule has 6 heteroatoms. The van der Waals surface area contributed by atoms with Crippen LogP contribution in [0.5, 0.6) is 0 Å². The lowest BCUT2D eigenvalue weighted by Gasteiger charge is -2.45. The number of carbonyl (C=O) groups is 3. The van der Waals surface area contributed by atoms with Crippen molar-refractivity contribution in [3.8, 4) is 0 Å². The lowest BCUT2D eigenvalue weighted by atomic mass is 9.65. The molecule has 0 aromatic heterocycles. The highest BCUT2D eigenvalue weighted by Gasteiger charge is 2.68. The van der Waals surface area contributed by atoms with E-state index >= 15 is 0 Å². The third kappa shape index (κ3) is 4.46. The Bertz CT molecular complexity index is 652. The Morgan fingerprint density at radius 2 is 1.55 bits per heavy atom. The van der Waals surface area contributed by atoms with Gasteiger partial charge in [0.2, 0.25) is 0 Å². The summed E-state index contributed by atoms with van der Waals surface area (Å²) in [4.78, 5) is 36.1. The maximum absolute atomic E-state index is 12.4. The van der Waals surface area contributed by atoms with E-state index in [1.165, 1.54) is 6.42 Å². The fourth-order valence-electron chi connectivity index (χ4n) is 4.96. The zero-order valence-electron chi connectivity index (χ0n) is 19.2. The number of fused-ring (bicyclic) bond motifs is 2. The van der Waals surface area contributed by atoms with E-state index in [1.54, 1.807) is 0 Å². The molecular weight excluding hydrogens is 372 g/mol. The molecule has 29 heavy (non-hydrogen) atoms. The largest absolute Gasteiger partial charge is 0.462 e. The van der Waals surface area contributed by atoms with Gasteiger partial charge in [-0.25, -0.2) is 0 Å². The third-order valence-corrected chi connectivity index (χ3v) is 8.13. The quantitative estimate of drug-likeness (QED) is 0.318. The summed E-state index contributed by atoms with van der Waals surface area (Å²) in [5.41, 5.74) is -0.933. The number of hydrogen-bond donors (Lipinski definition) is 0. The molecule has 0 aliphatic heterocycles. The van der Waals surface area contributed by atoms with Gasteiger partial charge in [0.15, 0.2) is 0 Å². The summed E-state index contributed by atoms with van der Waals surface area (Å²) in [7, 11) is 0. The van der Waals surface area contributed by atoms with Crippen LogP contribution in [0.1, 0.15) is 87.0 Å². The van der Waals surface area contributed by atoms with Crippen molar-refractivity contribution in [2.45, 2.75) is 92.6 Å². The van der Waals surface area contributed by atoms with Crippen LogP contribution < -0.4 is 0 Å². The molecule has 3 atom stereocenters. The zero-order chi connectivity index (χ0) is 22.1. The molecule has 2 bridgehead atoms. The van der Waals surface area contributed by atoms with E-state index in [4.69, 9.17) is 14.2 Å². The van der Waals surface area contributed by atoms with Crippen LogP contribution in [0.2, 0.25) is 0 Å². The van der Waals surface area contributed by atoms with Crippen LogP contribution in [0.3, 0.4) is 0 Å². The number of carbonyl (C=O) groups excluding carboxylic acids is 3. The van der Waals surface area contributed by atoms with Crippen LogP contribution in [0.25, 0.3) is 0 Å². The van der Waals surface area contributed by atoms with E-state index in [-0.39, 0.29) is 48.8 Å². The summed E-state index contributed by atoms with van der Waals surface area (Å²) < 4.78 is 16.1. The Morgan fingerprint density at radius 1 is 0.966 bits per heavy atom. The van der Waals surface area contributed by atoms with E-state index < -0.39 is 17.0 Å². The molecule has 0 amide bonds. The second kappa shape index (κ2) is 8.27. The van der Waals surface area contributed by atoms with Crippen LogP contribution in [0.4, 0.5) is 0 Å². The van der Waals surface area contributed by atoms with Crippen LogP contribution in [0.15, 0.2) is 0 Å². The normalized spacial score (nSPS) is 30.1. The minimum absolute atomic E-state index is 0.00173. The molecule has 0 radical (unpaired) electrons. The van der Waals surface area contributed by atoms with Crippen molar-refractivity contribution >= 4 is 17.9 Å². The Labute approximate surface area is 175 Å². The highest BCUT2D eigenvalue weighted by atomic mass is 16.6. The van der Waals surface area contributed by atoms with Gasteiger partial charge in [0, 0.05) is 5.41 Å². The van der Waals surface area contributed by atoms with Crippen molar-refractivity contribution in [1.82, 2.24) is 0 Å². The minimum Gasteiger partial charge on any atom is -0.462 e. The summed E-state index contributed by atoms with van der Waals surface area (Å²) in [5, 5.41) is 0. The van der Waals surface area contributed by atoms with Gasteiger partial charge in [0.05, 0.1) is 18.3 Å². The zero-order valence-corrected chi connectivity index (χ0v) is 19.2. The molecule has 0 heterocycles. The lowest BCUT2D eigenvalue weighted by molar-refractivity contribution is -0.176. The second-order valence-electron chi connectivity index (χ2n) is 10.3. The van der Waals surface area contributed by atoms with Gasteiger partial charge in [-0.05, 0) is 57.8 Å². The lowest BCUT2D eigenvalue weighted by Crippen LogP contribution is -2.48.